The first kappa shape index (κ1) is 16.1. The third-order valence-corrected chi connectivity index (χ3v) is 4.03. The van der Waals surface area contributed by atoms with Crippen molar-refractivity contribution in [1.29, 1.82) is 0 Å². The number of fused-ring (bicyclic) bond motifs is 1. The van der Waals surface area contributed by atoms with Crippen LogP contribution in [0, 0.1) is 5.92 Å². The molecule has 3 heterocycles. The Kier molecular flexibility index (Phi) is 4.19. The van der Waals surface area contributed by atoms with Crippen molar-refractivity contribution in [2.45, 2.75) is 50.9 Å². The molecular weight excluding hydrogens is 302 g/mol. The van der Waals surface area contributed by atoms with Gasteiger partial charge in [0.15, 0.2) is 17.7 Å². The van der Waals surface area contributed by atoms with Crippen molar-refractivity contribution in [3.05, 3.63) is 12.7 Å². The summed E-state index contributed by atoms with van der Waals surface area (Å²) in [7, 11) is 0. The lowest BCUT2D eigenvalue weighted by atomic mass is 9.98. The van der Waals surface area contributed by atoms with Crippen LogP contribution in [-0.2, 0) is 4.74 Å². The fourth-order valence-corrected chi connectivity index (χ4v) is 2.91. The molecule has 0 aliphatic carbocycles. The fourth-order valence-electron chi connectivity index (χ4n) is 2.91. The molecule has 0 amide bonds. The van der Waals surface area contributed by atoms with Gasteiger partial charge in [-0.1, -0.05) is 13.8 Å². The van der Waals surface area contributed by atoms with E-state index in [1.165, 1.54) is 17.2 Å². The van der Waals surface area contributed by atoms with Gasteiger partial charge < -0.3 is 25.8 Å². The zero-order valence-corrected chi connectivity index (χ0v) is 12.9. The average Bonchev–Trinajstić information content (AvgIpc) is 3.02. The average molecular weight is 323 g/mol. The molecule has 2 aromatic heterocycles. The molecule has 3 rings (SSSR count). The predicted octanol–water partition coefficient (Wildman–Crippen LogP) is -0.565. The van der Waals surface area contributed by atoms with E-state index in [2.05, 4.69) is 15.0 Å². The van der Waals surface area contributed by atoms with E-state index in [9.17, 15) is 15.3 Å². The monoisotopic (exact) mass is 323 g/mol. The summed E-state index contributed by atoms with van der Waals surface area (Å²) in [6.07, 6.45) is -1.90. The number of anilines is 1. The quantitative estimate of drug-likeness (QED) is 0.587. The predicted molar refractivity (Wildman–Crippen MR) is 81.1 cm³/mol. The molecule has 5 atom stereocenters. The number of aliphatic hydroxyl groups is 3. The van der Waals surface area contributed by atoms with Gasteiger partial charge in [0.2, 0.25) is 0 Å². The van der Waals surface area contributed by atoms with Gasteiger partial charge in [-0.3, -0.25) is 4.57 Å². The number of ether oxygens (including phenoxy) is 1. The first-order chi connectivity index (χ1) is 10.9. The highest BCUT2D eigenvalue weighted by molar-refractivity contribution is 5.81. The Morgan fingerprint density at radius 1 is 1.26 bits per heavy atom. The Morgan fingerprint density at radius 3 is 2.70 bits per heavy atom. The lowest BCUT2D eigenvalue weighted by Gasteiger charge is -2.22. The van der Waals surface area contributed by atoms with Crippen LogP contribution in [0.5, 0.6) is 0 Å². The number of aromatic nitrogens is 4. The molecule has 0 radical (unpaired) electrons. The third-order valence-electron chi connectivity index (χ3n) is 4.03. The second kappa shape index (κ2) is 6.00. The van der Waals surface area contributed by atoms with E-state index in [0.717, 1.165) is 0 Å². The molecule has 9 heteroatoms. The van der Waals surface area contributed by atoms with E-state index in [1.807, 2.05) is 13.8 Å². The molecule has 1 aliphatic rings. The Balaban J connectivity index is 1.89. The lowest BCUT2D eigenvalue weighted by Crippen LogP contribution is -2.39. The lowest BCUT2D eigenvalue weighted by molar-refractivity contribution is -0.0881. The number of aliphatic hydroxyl groups excluding tert-OH is 3. The van der Waals surface area contributed by atoms with Crippen LogP contribution in [0.3, 0.4) is 0 Å². The smallest absolute Gasteiger partial charge is 0.167 e. The summed E-state index contributed by atoms with van der Waals surface area (Å²) in [4.78, 5) is 12.1. The standard InChI is InChI=1S/C14H21N5O4/c1-6(2)3-7(20)11-9(21)10(22)14(23-11)19-5-18-8-12(15)16-4-17-13(8)19/h4-7,9-11,14,20-22H,3H2,1-2H3,(H2,15,16,17). The molecule has 9 nitrogen and oxygen atoms in total. The second-order valence-electron chi connectivity index (χ2n) is 6.25. The number of nitrogens with zero attached hydrogens (tertiary/aromatic N) is 4. The van der Waals surface area contributed by atoms with E-state index < -0.39 is 30.6 Å². The van der Waals surface area contributed by atoms with Gasteiger partial charge in [0, 0.05) is 0 Å². The van der Waals surface area contributed by atoms with Gasteiger partial charge in [-0.05, 0) is 12.3 Å². The summed E-state index contributed by atoms with van der Waals surface area (Å²) in [6, 6.07) is 0. The van der Waals surface area contributed by atoms with Gasteiger partial charge in [-0.15, -0.1) is 0 Å². The molecule has 0 aromatic carbocycles. The molecule has 1 fully saturated rings. The Labute approximate surface area is 132 Å². The van der Waals surface area contributed by atoms with Crippen LogP contribution in [0.1, 0.15) is 26.5 Å². The van der Waals surface area contributed by atoms with Gasteiger partial charge in [0.1, 0.15) is 30.2 Å². The van der Waals surface area contributed by atoms with Crippen LogP contribution in [-0.4, -0.2) is 59.3 Å². The van der Waals surface area contributed by atoms with Gasteiger partial charge >= 0.3 is 0 Å². The maximum atomic E-state index is 10.3. The van der Waals surface area contributed by atoms with E-state index >= 15 is 0 Å². The molecule has 2 aromatic rings. The molecule has 126 valence electrons. The second-order valence-corrected chi connectivity index (χ2v) is 6.25. The van der Waals surface area contributed by atoms with Gasteiger partial charge in [0.05, 0.1) is 12.4 Å². The van der Waals surface area contributed by atoms with Crippen LogP contribution in [0.25, 0.3) is 11.2 Å². The van der Waals surface area contributed by atoms with Crippen LogP contribution >= 0.6 is 0 Å². The van der Waals surface area contributed by atoms with Crippen molar-refractivity contribution in [2.24, 2.45) is 5.92 Å². The number of rotatable bonds is 4. The van der Waals surface area contributed by atoms with Crippen LogP contribution in [0.2, 0.25) is 0 Å². The highest BCUT2D eigenvalue weighted by Gasteiger charge is 2.47. The van der Waals surface area contributed by atoms with Gasteiger partial charge in [0.25, 0.3) is 0 Å². The van der Waals surface area contributed by atoms with Gasteiger partial charge in [-0.2, -0.15) is 0 Å². The minimum Gasteiger partial charge on any atom is -0.390 e. The minimum absolute atomic E-state index is 0.221. The van der Waals surface area contributed by atoms with Crippen molar-refractivity contribution >= 4 is 17.0 Å². The van der Waals surface area contributed by atoms with Crippen LogP contribution in [0.4, 0.5) is 5.82 Å². The molecule has 5 N–H and O–H groups in total. The summed E-state index contributed by atoms with van der Waals surface area (Å²) >= 11 is 0. The topological polar surface area (TPSA) is 140 Å². The van der Waals surface area contributed by atoms with Crippen molar-refractivity contribution in [3.63, 3.8) is 0 Å². The van der Waals surface area contributed by atoms with E-state index in [-0.39, 0.29) is 11.7 Å². The summed E-state index contributed by atoms with van der Waals surface area (Å²) in [6.45, 7) is 3.92. The molecule has 1 aliphatic heterocycles. The number of nitrogens with two attached hydrogens (primary N) is 1. The molecule has 0 spiro atoms. The van der Waals surface area contributed by atoms with Crippen molar-refractivity contribution in [1.82, 2.24) is 19.5 Å². The molecular formula is C14H21N5O4. The third kappa shape index (κ3) is 2.76. The normalized spacial score (nSPS) is 29.5. The number of imidazole rings is 1. The highest BCUT2D eigenvalue weighted by Crippen LogP contribution is 2.34. The van der Waals surface area contributed by atoms with Crippen molar-refractivity contribution in [3.8, 4) is 0 Å². The summed E-state index contributed by atoms with van der Waals surface area (Å²) in [5.41, 5.74) is 6.53. The fraction of sp³-hybridized carbons (Fsp3) is 0.643. The summed E-state index contributed by atoms with van der Waals surface area (Å²) < 4.78 is 7.20. The minimum atomic E-state index is -1.21. The number of nitrogen functional groups attached to an aromatic ring is 1. The van der Waals surface area contributed by atoms with Gasteiger partial charge in [-0.25, -0.2) is 15.0 Å². The maximum absolute atomic E-state index is 10.3. The Hall–Kier alpha value is -1.81. The molecule has 5 unspecified atom stereocenters. The van der Waals surface area contributed by atoms with E-state index in [4.69, 9.17) is 10.5 Å². The Morgan fingerprint density at radius 2 is 2.00 bits per heavy atom. The maximum Gasteiger partial charge on any atom is 0.167 e. The largest absolute Gasteiger partial charge is 0.390 e. The summed E-state index contributed by atoms with van der Waals surface area (Å²) in [5.74, 6) is 0.455. The first-order valence-corrected chi connectivity index (χ1v) is 7.52. The van der Waals surface area contributed by atoms with Crippen molar-refractivity contribution < 1.29 is 20.1 Å². The van der Waals surface area contributed by atoms with E-state index in [0.29, 0.717) is 17.6 Å². The summed E-state index contributed by atoms with van der Waals surface area (Å²) in [5, 5.41) is 30.7. The molecule has 1 saturated heterocycles. The van der Waals surface area contributed by atoms with E-state index in [1.54, 1.807) is 0 Å². The molecule has 0 bridgehead atoms. The zero-order valence-electron chi connectivity index (χ0n) is 12.9. The first-order valence-electron chi connectivity index (χ1n) is 7.52. The highest BCUT2D eigenvalue weighted by atomic mass is 16.6. The number of hydrogen-bond donors (Lipinski definition) is 4. The SMILES string of the molecule is CC(C)CC(O)C1OC(n2cnc3c(N)ncnc32)C(O)C1O. The molecule has 23 heavy (non-hydrogen) atoms. The molecule has 0 saturated carbocycles. The van der Waals surface area contributed by atoms with Crippen molar-refractivity contribution in [2.75, 3.05) is 5.73 Å². The number of hydrogen-bond acceptors (Lipinski definition) is 8. The van der Waals surface area contributed by atoms with Crippen LogP contribution in [0.15, 0.2) is 12.7 Å². The van der Waals surface area contributed by atoms with Crippen LogP contribution < -0.4 is 5.73 Å². The Bertz CT molecular complexity index is 691. The zero-order chi connectivity index (χ0) is 16.7.